The molecule has 1 fully saturated rings. The summed E-state index contributed by atoms with van der Waals surface area (Å²) in [5.41, 5.74) is 0.131. The minimum atomic E-state index is -4.06. The first-order chi connectivity index (χ1) is 13.7. The van der Waals surface area contributed by atoms with E-state index >= 15 is 0 Å². The van der Waals surface area contributed by atoms with Crippen LogP contribution >= 0.6 is 0 Å². The summed E-state index contributed by atoms with van der Waals surface area (Å²) >= 11 is 0. The number of hydrogen-bond donors (Lipinski definition) is 2. The van der Waals surface area contributed by atoms with Crippen LogP contribution in [0.5, 0.6) is 0 Å². The number of rotatable bonds is 7. The Morgan fingerprint density at radius 2 is 1.86 bits per heavy atom. The van der Waals surface area contributed by atoms with Gasteiger partial charge in [0.25, 0.3) is 15.9 Å². The van der Waals surface area contributed by atoms with Crippen LogP contribution in [0.4, 0.5) is 10.1 Å². The van der Waals surface area contributed by atoms with Crippen LogP contribution in [-0.2, 0) is 19.6 Å². The number of hydrogen-bond acceptors (Lipinski definition) is 5. The smallest absolute Gasteiger partial charge is 0.341 e. The lowest BCUT2D eigenvalue weighted by molar-refractivity contribution is -0.129. The number of sulfonamides is 1. The molecule has 9 heteroatoms. The Hall–Kier alpha value is -2.94. The molecular formula is C20H21FN2O5S. The molecule has 0 bridgehead atoms. The van der Waals surface area contributed by atoms with Gasteiger partial charge in [-0.25, -0.2) is 17.6 Å². The molecule has 2 aromatic rings. The number of nitrogens with one attached hydrogen (secondary N) is 2. The third-order valence-electron chi connectivity index (χ3n) is 4.41. The van der Waals surface area contributed by atoms with E-state index in [9.17, 15) is 22.4 Å². The van der Waals surface area contributed by atoms with E-state index in [0.29, 0.717) is 0 Å². The number of carbonyl (C=O) groups is 2. The van der Waals surface area contributed by atoms with Gasteiger partial charge in [-0.15, -0.1) is 0 Å². The van der Waals surface area contributed by atoms with Crippen molar-refractivity contribution >= 4 is 27.6 Å². The van der Waals surface area contributed by atoms with Crippen molar-refractivity contribution in [2.45, 2.75) is 43.7 Å². The number of anilines is 1. The Labute approximate surface area is 168 Å². The summed E-state index contributed by atoms with van der Waals surface area (Å²) in [5, 5.41) is 2.74. The molecule has 29 heavy (non-hydrogen) atoms. The molecule has 0 saturated heterocycles. The lowest BCUT2D eigenvalue weighted by Crippen LogP contribution is -2.37. The molecule has 1 amide bonds. The predicted molar refractivity (Wildman–Crippen MR) is 104 cm³/mol. The topological polar surface area (TPSA) is 102 Å². The van der Waals surface area contributed by atoms with Crippen LogP contribution in [0.15, 0.2) is 47.4 Å². The summed E-state index contributed by atoms with van der Waals surface area (Å²) in [6.07, 6.45) is 0.784. The highest BCUT2D eigenvalue weighted by Gasteiger charge is 2.28. The van der Waals surface area contributed by atoms with Crippen LogP contribution in [-0.4, -0.2) is 32.4 Å². The van der Waals surface area contributed by atoms with Crippen molar-refractivity contribution in [1.82, 2.24) is 5.32 Å². The van der Waals surface area contributed by atoms with Crippen molar-refractivity contribution in [3.8, 4) is 0 Å². The molecule has 1 atom stereocenters. The Kier molecular flexibility index (Phi) is 5.88. The fraction of sp³-hybridized carbons (Fsp3) is 0.300. The first-order valence-corrected chi connectivity index (χ1v) is 10.5. The highest BCUT2D eigenvalue weighted by atomic mass is 32.2. The van der Waals surface area contributed by atoms with Gasteiger partial charge in [-0.2, -0.15) is 0 Å². The molecule has 0 heterocycles. The number of benzene rings is 2. The SMILES string of the molecule is Cc1cc(S(=O)(=O)Nc2ccccc2C(=O)O[C@H](C)C(=O)NC2CC2)ccc1F. The van der Waals surface area contributed by atoms with Crippen molar-refractivity contribution in [2.75, 3.05) is 4.72 Å². The summed E-state index contributed by atoms with van der Waals surface area (Å²) in [6.45, 7) is 2.90. The van der Waals surface area contributed by atoms with E-state index in [1.54, 1.807) is 12.1 Å². The van der Waals surface area contributed by atoms with Crippen LogP contribution in [0.1, 0.15) is 35.7 Å². The Morgan fingerprint density at radius 1 is 1.17 bits per heavy atom. The third kappa shape index (κ3) is 5.11. The molecule has 2 N–H and O–H groups in total. The summed E-state index contributed by atoms with van der Waals surface area (Å²) in [6, 6.07) is 9.41. The fourth-order valence-corrected chi connectivity index (χ4v) is 3.73. The highest BCUT2D eigenvalue weighted by molar-refractivity contribution is 7.92. The van der Waals surface area contributed by atoms with Crippen LogP contribution in [0, 0.1) is 12.7 Å². The van der Waals surface area contributed by atoms with Gasteiger partial charge in [0.1, 0.15) is 5.82 Å². The Morgan fingerprint density at radius 3 is 2.52 bits per heavy atom. The maximum atomic E-state index is 13.4. The zero-order chi connectivity index (χ0) is 21.2. The number of para-hydroxylation sites is 1. The van der Waals surface area contributed by atoms with Crippen molar-refractivity contribution in [1.29, 1.82) is 0 Å². The van der Waals surface area contributed by atoms with Gasteiger partial charge >= 0.3 is 5.97 Å². The van der Waals surface area contributed by atoms with Gasteiger partial charge in [0.05, 0.1) is 16.1 Å². The van der Waals surface area contributed by atoms with E-state index in [1.165, 1.54) is 32.0 Å². The van der Waals surface area contributed by atoms with Gasteiger partial charge in [-0.3, -0.25) is 9.52 Å². The number of ether oxygens (including phenoxy) is 1. The van der Waals surface area contributed by atoms with E-state index < -0.39 is 33.8 Å². The van der Waals surface area contributed by atoms with Crippen LogP contribution in [0.2, 0.25) is 0 Å². The van der Waals surface area contributed by atoms with E-state index in [0.717, 1.165) is 25.0 Å². The molecule has 1 aliphatic carbocycles. The van der Waals surface area contributed by atoms with Crippen molar-refractivity contribution in [3.05, 3.63) is 59.4 Å². The zero-order valence-corrected chi connectivity index (χ0v) is 16.8. The van der Waals surface area contributed by atoms with E-state index in [-0.39, 0.29) is 27.8 Å². The monoisotopic (exact) mass is 420 g/mol. The van der Waals surface area contributed by atoms with Crippen molar-refractivity contribution in [2.24, 2.45) is 0 Å². The normalized spacial score (nSPS) is 14.7. The van der Waals surface area contributed by atoms with Crippen molar-refractivity contribution < 1.29 is 27.1 Å². The second-order valence-corrected chi connectivity index (χ2v) is 8.57. The molecule has 0 unspecified atom stereocenters. The van der Waals surface area contributed by atoms with Gasteiger partial charge in [0, 0.05) is 6.04 Å². The molecule has 2 aromatic carbocycles. The maximum absolute atomic E-state index is 13.4. The fourth-order valence-electron chi connectivity index (χ4n) is 2.56. The minimum Gasteiger partial charge on any atom is -0.449 e. The van der Waals surface area contributed by atoms with Gasteiger partial charge < -0.3 is 10.1 Å². The Bertz CT molecular complexity index is 1050. The van der Waals surface area contributed by atoms with Crippen LogP contribution in [0.25, 0.3) is 0 Å². The molecule has 7 nitrogen and oxygen atoms in total. The Balaban J connectivity index is 1.78. The molecule has 1 aliphatic rings. The lowest BCUT2D eigenvalue weighted by atomic mass is 10.2. The second kappa shape index (κ2) is 8.20. The lowest BCUT2D eigenvalue weighted by Gasteiger charge is -2.16. The predicted octanol–water partition coefficient (Wildman–Crippen LogP) is 2.76. The van der Waals surface area contributed by atoms with Crippen molar-refractivity contribution in [3.63, 3.8) is 0 Å². The standard InChI is InChI=1S/C20H21FN2O5S/c1-12-11-15(9-10-17(12)21)29(26,27)23-18-6-4-3-5-16(18)20(25)28-13(2)19(24)22-14-7-8-14/h3-6,9-11,13-14,23H,7-8H2,1-2H3,(H,22,24)/t13-/m1/s1. The molecule has 0 radical (unpaired) electrons. The summed E-state index contributed by atoms with van der Waals surface area (Å²) in [4.78, 5) is 24.4. The highest BCUT2D eigenvalue weighted by Crippen LogP contribution is 2.23. The summed E-state index contributed by atoms with van der Waals surface area (Å²) in [7, 11) is -4.06. The molecule has 3 rings (SSSR count). The number of halogens is 1. The number of esters is 1. The average Bonchev–Trinajstić information content (AvgIpc) is 3.47. The second-order valence-electron chi connectivity index (χ2n) is 6.89. The maximum Gasteiger partial charge on any atom is 0.341 e. The molecule has 154 valence electrons. The first kappa shape index (κ1) is 20.8. The largest absolute Gasteiger partial charge is 0.449 e. The van der Waals surface area contributed by atoms with Gasteiger partial charge in [0.15, 0.2) is 6.10 Å². The summed E-state index contributed by atoms with van der Waals surface area (Å²) in [5.74, 6) is -1.76. The summed E-state index contributed by atoms with van der Waals surface area (Å²) < 4.78 is 46.3. The molecular weight excluding hydrogens is 399 g/mol. The van der Waals surface area contributed by atoms with E-state index in [1.807, 2.05) is 0 Å². The number of carbonyl (C=O) groups excluding carboxylic acids is 2. The first-order valence-electron chi connectivity index (χ1n) is 9.07. The van der Waals surface area contributed by atoms with Crippen LogP contribution in [0.3, 0.4) is 0 Å². The van der Waals surface area contributed by atoms with E-state index in [4.69, 9.17) is 4.74 Å². The molecule has 0 aromatic heterocycles. The zero-order valence-electron chi connectivity index (χ0n) is 15.9. The minimum absolute atomic E-state index is 0.00530. The third-order valence-corrected chi connectivity index (χ3v) is 5.77. The number of amides is 1. The quantitative estimate of drug-likeness (QED) is 0.671. The number of aryl methyl sites for hydroxylation is 1. The molecule has 0 spiro atoms. The van der Waals surface area contributed by atoms with Gasteiger partial charge in [-0.05, 0) is 62.6 Å². The van der Waals surface area contributed by atoms with E-state index in [2.05, 4.69) is 10.0 Å². The van der Waals surface area contributed by atoms with Crippen LogP contribution < -0.4 is 10.0 Å². The average molecular weight is 420 g/mol. The van der Waals surface area contributed by atoms with Gasteiger partial charge in [-0.1, -0.05) is 12.1 Å². The molecule has 1 saturated carbocycles. The van der Waals surface area contributed by atoms with Gasteiger partial charge in [0.2, 0.25) is 0 Å². The molecule has 0 aliphatic heterocycles.